The van der Waals surface area contributed by atoms with Crippen molar-refractivity contribution in [1.82, 2.24) is 0 Å². The highest BCUT2D eigenvalue weighted by molar-refractivity contribution is 7.27. The van der Waals surface area contributed by atoms with Crippen molar-refractivity contribution in [3.8, 4) is 0 Å². The van der Waals surface area contributed by atoms with Gasteiger partial charge in [-0.2, -0.15) is 0 Å². The van der Waals surface area contributed by atoms with E-state index in [4.69, 9.17) is 0 Å². The molecular formula is C11H6OS2. The molecular weight excluding hydrogens is 212 g/mol. The molecule has 0 bridgehead atoms. The fourth-order valence-electron chi connectivity index (χ4n) is 1.60. The van der Waals surface area contributed by atoms with E-state index in [0.717, 1.165) is 11.2 Å². The number of carbonyl (C=O) groups is 1. The maximum absolute atomic E-state index is 10.7. The van der Waals surface area contributed by atoms with Crippen LogP contribution in [-0.2, 0) is 0 Å². The fraction of sp³-hybridized carbons (Fsp3) is 0. The summed E-state index contributed by atoms with van der Waals surface area (Å²) in [5.74, 6) is 0. The molecule has 0 N–H and O–H groups in total. The van der Waals surface area contributed by atoms with Crippen LogP contribution in [0.3, 0.4) is 0 Å². The van der Waals surface area contributed by atoms with Gasteiger partial charge in [-0.05, 0) is 28.3 Å². The van der Waals surface area contributed by atoms with E-state index in [0.29, 0.717) is 0 Å². The highest BCUT2D eigenvalue weighted by atomic mass is 32.1. The maximum atomic E-state index is 10.7. The molecule has 0 radical (unpaired) electrons. The van der Waals surface area contributed by atoms with Crippen LogP contribution in [0.2, 0.25) is 0 Å². The molecule has 2 heterocycles. The van der Waals surface area contributed by atoms with E-state index in [1.54, 1.807) is 22.7 Å². The van der Waals surface area contributed by atoms with Gasteiger partial charge in [0.1, 0.15) is 0 Å². The number of fused-ring (bicyclic) bond motifs is 3. The van der Waals surface area contributed by atoms with Gasteiger partial charge in [0.05, 0.1) is 14.3 Å². The molecule has 0 aliphatic heterocycles. The molecule has 0 saturated heterocycles. The van der Waals surface area contributed by atoms with Gasteiger partial charge in [0, 0.05) is 0 Å². The van der Waals surface area contributed by atoms with Crippen molar-refractivity contribution in [3.63, 3.8) is 0 Å². The molecule has 0 saturated carbocycles. The van der Waals surface area contributed by atoms with Gasteiger partial charge in [-0.1, -0.05) is 12.1 Å². The van der Waals surface area contributed by atoms with Crippen molar-refractivity contribution < 1.29 is 4.79 Å². The second-order valence-corrected chi connectivity index (χ2v) is 5.09. The molecule has 0 unspecified atom stereocenters. The summed E-state index contributed by atoms with van der Waals surface area (Å²) in [7, 11) is 0. The Hall–Kier alpha value is -1.19. The number of hydrogen-bond acceptors (Lipinski definition) is 3. The monoisotopic (exact) mass is 218 g/mol. The van der Waals surface area contributed by atoms with Crippen molar-refractivity contribution >= 4 is 49.1 Å². The fourth-order valence-corrected chi connectivity index (χ4v) is 3.64. The average Bonchev–Trinajstić information content (AvgIpc) is 2.82. The Balaban J connectivity index is 2.54. The smallest absolute Gasteiger partial charge is 0.160 e. The van der Waals surface area contributed by atoms with E-state index in [-0.39, 0.29) is 0 Å². The Bertz CT molecular complexity index is 618. The van der Waals surface area contributed by atoms with Crippen LogP contribution in [0.15, 0.2) is 29.6 Å². The molecule has 1 nitrogen and oxygen atoms in total. The largest absolute Gasteiger partial charge is 0.297 e. The van der Waals surface area contributed by atoms with Crippen LogP contribution in [0.4, 0.5) is 0 Å². The second kappa shape index (κ2) is 2.90. The number of carbonyl (C=O) groups excluding carboxylic acids is 1. The quantitative estimate of drug-likeness (QED) is 0.566. The molecule has 1 aromatic carbocycles. The van der Waals surface area contributed by atoms with Gasteiger partial charge in [-0.15, -0.1) is 22.7 Å². The first kappa shape index (κ1) is 8.15. The zero-order chi connectivity index (χ0) is 9.54. The van der Waals surface area contributed by atoms with Gasteiger partial charge in [0.15, 0.2) is 6.29 Å². The normalized spacial score (nSPS) is 11.1. The van der Waals surface area contributed by atoms with E-state index in [1.807, 2.05) is 6.07 Å². The van der Waals surface area contributed by atoms with Crippen LogP contribution in [0.1, 0.15) is 9.67 Å². The van der Waals surface area contributed by atoms with Gasteiger partial charge in [-0.3, -0.25) is 4.79 Å². The molecule has 0 fully saturated rings. The predicted octanol–water partition coefficient (Wildman–Crippen LogP) is 3.93. The first-order valence-electron chi connectivity index (χ1n) is 4.23. The van der Waals surface area contributed by atoms with Gasteiger partial charge in [0.2, 0.25) is 0 Å². The molecule has 3 rings (SSSR count). The lowest BCUT2D eigenvalue weighted by molar-refractivity contribution is 0.112. The number of benzene rings is 1. The van der Waals surface area contributed by atoms with Crippen molar-refractivity contribution in [3.05, 3.63) is 34.5 Å². The van der Waals surface area contributed by atoms with Crippen molar-refractivity contribution in [1.29, 1.82) is 0 Å². The number of thiophene rings is 2. The summed E-state index contributed by atoms with van der Waals surface area (Å²) in [5, 5.41) is 4.53. The molecule has 14 heavy (non-hydrogen) atoms. The summed E-state index contributed by atoms with van der Waals surface area (Å²) in [4.78, 5) is 11.5. The lowest BCUT2D eigenvalue weighted by atomic mass is 10.2. The third kappa shape index (κ3) is 1.03. The van der Waals surface area contributed by atoms with Crippen LogP contribution >= 0.6 is 22.7 Å². The Morgan fingerprint density at radius 1 is 1.07 bits per heavy atom. The first-order chi connectivity index (χ1) is 6.88. The van der Waals surface area contributed by atoms with Crippen LogP contribution < -0.4 is 0 Å². The molecule has 0 atom stereocenters. The lowest BCUT2D eigenvalue weighted by Crippen LogP contribution is -1.63. The Kier molecular flexibility index (Phi) is 1.69. The number of aldehydes is 1. The van der Waals surface area contributed by atoms with Gasteiger partial charge in [-0.25, -0.2) is 0 Å². The maximum Gasteiger partial charge on any atom is 0.160 e. The third-order valence-corrected chi connectivity index (χ3v) is 4.41. The van der Waals surface area contributed by atoms with E-state index in [1.165, 1.54) is 20.2 Å². The van der Waals surface area contributed by atoms with Crippen LogP contribution in [-0.4, -0.2) is 6.29 Å². The average molecular weight is 218 g/mol. The third-order valence-electron chi connectivity index (χ3n) is 2.24. The Morgan fingerprint density at radius 2 is 1.93 bits per heavy atom. The predicted molar refractivity (Wildman–Crippen MR) is 62.6 cm³/mol. The standard InChI is InChI=1S/C11H6OS2/c12-6-9-5-8-2-1-7-3-4-13-10(7)11(8)14-9/h1-6H. The zero-order valence-corrected chi connectivity index (χ0v) is 8.82. The molecule has 0 aliphatic carbocycles. The Labute approximate surface area is 88.6 Å². The lowest BCUT2D eigenvalue weighted by Gasteiger charge is -1.90. The Morgan fingerprint density at radius 3 is 2.79 bits per heavy atom. The van der Waals surface area contributed by atoms with E-state index >= 15 is 0 Å². The van der Waals surface area contributed by atoms with Crippen molar-refractivity contribution in [2.75, 3.05) is 0 Å². The summed E-state index contributed by atoms with van der Waals surface area (Å²) in [6.45, 7) is 0. The molecule has 2 aromatic heterocycles. The number of rotatable bonds is 1. The van der Waals surface area contributed by atoms with E-state index in [2.05, 4.69) is 23.6 Å². The van der Waals surface area contributed by atoms with Crippen LogP contribution in [0.25, 0.3) is 20.2 Å². The summed E-state index contributed by atoms with van der Waals surface area (Å²) in [6, 6.07) is 8.25. The van der Waals surface area contributed by atoms with Gasteiger partial charge >= 0.3 is 0 Å². The molecule has 0 amide bonds. The molecule has 3 heteroatoms. The molecule has 68 valence electrons. The summed E-state index contributed by atoms with van der Waals surface area (Å²) in [5.41, 5.74) is 0. The molecule has 0 spiro atoms. The van der Waals surface area contributed by atoms with Gasteiger partial charge < -0.3 is 0 Å². The summed E-state index contributed by atoms with van der Waals surface area (Å²) < 4.78 is 2.53. The first-order valence-corrected chi connectivity index (χ1v) is 5.93. The SMILES string of the molecule is O=Cc1cc2ccc3ccsc3c2s1. The highest BCUT2D eigenvalue weighted by Crippen LogP contribution is 2.34. The zero-order valence-electron chi connectivity index (χ0n) is 7.19. The van der Waals surface area contributed by atoms with Gasteiger partial charge in [0.25, 0.3) is 0 Å². The molecule has 0 aliphatic rings. The topological polar surface area (TPSA) is 17.1 Å². The van der Waals surface area contributed by atoms with Crippen molar-refractivity contribution in [2.24, 2.45) is 0 Å². The van der Waals surface area contributed by atoms with Crippen molar-refractivity contribution in [2.45, 2.75) is 0 Å². The minimum absolute atomic E-state index is 0.806. The summed E-state index contributed by atoms with van der Waals surface area (Å²) >= 11 is 3.31. The van der Waals surface area contributed by atoms with Crippen LogP contribution in [0.5, 0.6) is 0 Å². The highest BCUT2D eigenvalue weighted by Gasteiger charge is 2.05. The van der Waals surface area contributed by atoms with E-state index < -0.39 is 0 Å². The summed E-state index contributed by atoms with van der Waals surface area (Å²) in [6.07, 6.45) is 0.921. The van der Waals surface area contributed by atoms with E-state index in [9.17, 15) is 4.79 Å². The minimum atomic E-state index is 0.806. The van der Waals surface area contributed by atoms with Crippen LogP contribution in [0, 0.1) is 0 Å². The minimum Gasteiger partial charge on any atom is -0.297 e. The second-order valence-electron chi connectivity index (χ2n) is 3.09. The molecule has 3 aromatic rings. The number of hydrogen-bond donors (Lipinski definition) is 0.